The largest absolute Gasteiger partial charge is 0.486 e. The Labute approximate surface area is 108 Å². The number of nitrogens with two attached hydrogens (primary N) is 1. The summed E-state index contributed by atoms with van der Waals surface area (Å²) in [5, 5.41) is 0. The van der Waals surface area contributed by atoms with Gasteiger partial charge in [0.2, 0.25) is 10.0 Å². The van der Waals surface area contributed by atoms with Crippen LogP contribution in [0.1, 0.15) is 27.7 Å². The fraction of sp³-hybridized carbons (Fsp3) is 0.500. The van der Waals surface area contributed by atoms with Crippen LogP contribution in [0.15, 0.2) is 23.1 Å². The van der Waals surface area contributed by atoms with Gasteiger partial charge < -0.3 is 10.5 Å². The van der Waals surface area contributed by atoms with Gasteiger partial charge in [-0.3, -0.25) is 0 Å². The Morgan fingerprint density at radius 3 is 2.44 bits per heavy atom. The van der Waals surface area contributed by atoms with E-state index >= 15 is 0 Å². The second-order valence-corrected chi connectivity index (χ2v) is 6.68. The van der Waals surface area contributed by atoms with Gasteiger partial charge in [-0.1, -0.05) is 6.92 Å². The summed E-state index contributed by atoms with van der Waals surface area (Å²) in [4.78, 5) is 0.151. The molecule has 0 spiro atoms. The second kappa shape index (κ2) is 5.16. The normalized spacial score (nSPS) is 12.4. The van der Waals surface area contributed by atoms with Crippen molar-refractivity contribution in [3.05, 3.63) is 18.2 Å². The van der Waals surface area contributed by atoms with E-state index in [1.165, 1.54) is 18.2 Å². The van der Waals surface area contributed by atoms with Crippen LogP contribution in [0.5, 0.6) is 5.75 Å². The maximum Gasteiger partial charge on any atom is 0.240 e. The van der Waals surface area contributed by atoms with Crippen LogP contribution in [0.25, 0.3) is 0 Å². The van der Waals surface area contributed by atoms with Crippen LogP contribution in [0.3, 0.4) is 0 Å². The molecule has 0 aromatic heterocycles. The van der Waals surface area contributed by atoms with Gasteiger partial charge in [-0.2, -0.15) is 0 Å². The predicted octanol–water partition coefficient (Wildman–Crippen LogP) is 1.74. The number of hydrogen-bond donors (Lipinski definition) is 2. The summed E-state index contributed by atoms with van der Waals surface area (Å²) in [6.45, 7) is 7.68. The Bertz CT molecular complexity index is 519. The highest BCUT2D eigenvalue weighted by atomic mass is 32.2. The van der Waals surface area contributed by atoms with E-state index in [1.807, 2.05) is 20.8 Å². The molecular formula is C12H20N2O3S. The third kappa shape index (κ3) is 3.89. The van der Waals surface area contributed by atoms with E-state index in [1.54, 1.807) is 6.92 Å². The van der Waals surface area contributed by atoms with E-state index in [2.05, 4.69) is 4.72 Å². The number of hydrogen-bond acceptors (Lipinski definition) is 4. The minimum atomic E-state index is -3.49. The molecule has 18 heavy (non-hydrogen) atoms. The first-order chi connectivity index (χ1) is 8.15. The molecule has 0 atom stereocenters. The molecule has 1 aromatic carbocycles. The highest BCUT2D eigenvalue weighted by Gasteiger charge is 2.18. The summed E-state index contributed by atoms with van der Waals surface area (Å²) >= 11 is 0. The molecule has 0 bridgehead atoms. The number of sulfonamides is 1. The van der Waals surface area contributed by atoms with E-state index < -0.39 is 15.6 Å². The van der Waals surface area contributed by atoms with Crippen LogP contribution in [0.4, 0.5) is 5.69 Å². The number of rotatable bonds is 4. The predicted molar refractivity (Wildman–Crippen MR) is 72.1 cm³/mol. The van der Waals surface area contributed by atoms with Gasteiger partial charge in [0.05, 0.1) is 10.6 Å². The number of anilines is 1. The first-order valence-electron chi connectivity index (χ1n) is 5.74. The van der Waals surface area contributed by atoms with Crippen molar-refractivity contribution < 1.29 is 13.2 Å². The zero-order valence-corrected chi connectivity index (χ0v) is 12.0. The lowest BCUT2D eigenvalue weighted by molar-refractivity contribution is 0.131. The Hall–Kier alpha value is -1.27. The average molecular weight is 272 g/mol. The van der Waals surface area contributed by atoms with Crippen LogP contribution >= 0.6 is 0 Å². The average Bonchev–Trinajstić information content (AvgIpc) is 2.19. The van der Waals surface area contributed by atoms with Crippen LogP contribution in [-0.2, 0) is 10.0 Å². The van der Waals surface area contributed by atoms with Crippen molar-refractivity contribution in [2.75, 3.05) is 12.3 Å². The molecule has 0 saturated carbocycles. The maximum atomic E-state index is 11.9. The van der Waals surface area contributed by atoms with Gasteiger partial charge in [0.1, 0.15) is 11.4 Å². The van der Waals surface area contributed by atoms with Crippen LogP contribution in [-0.4, -0.2) is 20.6 Å². The molecule has 0 fully saturated rings. The van der Waals surface area contributed by atoms with Crippen molar-refractivity contribution in [2.24, 2.45) is 0 Å². The third-order valence-corrected chi connectivity index (χ3v) is 3.59. The molecule has 0 aliphatic rings. The van der Waals surface area contributed by atoms with E-state index in [0.29, 0.717) is 18.0 Å². The highest BCUT2D eigenvalue weighted by Crippen LogP contribution is 2.28. The molecule has 5 nitrogen and oxygen atoms in total. The maximum absolute atomic E-state index is 11.9. The minimum Gasteiger partial charge on any atom is -0.486 e. The first kappa shape index (κ1) is 14.8. The van der Waals surface area contributed by atoms with Gasteiger partial charge in [0.25, 0.3) is 0 Å². The van der Waals surface area contributed by atoms with Gasteiger partial charge in [-0.15, -0.1) is 0 Å². The summed E-state index contributed by atoms with van der Waals surface area (Å²) in [5.74, 6) is 0.376. The van der Waals surface area contributed by atoms with Gasteiger partial charge in [0.15, 0.2) is 0 Å². The molecular weight excluding hydrogens is 252 g/mol. The summed E-state index contributed by atoms with van der Waals surface area (Å²) in [7, 11) is -3.49. The first-order valence-corrected chi connectivity index (χ1v) is 7.22. The van der Waals surface area contributed by atoms with Crippen molar-refractivity contribution in [1.29, 1.82) is 0 Å². The fourth-order valence-corrected chi connectivity index (χ4v) is 2.43. The van der Waals surface area contributed by atoms with Gasteiger partial charge in [0, 0.05) is 12.6 Å². The van der Waals surface area contributed by atoms with Gasteiger partial charge in [-0.25, -0.2) is 13.1 Å². The van der Waals surface area contributed by atoms with Gasteiger partial charge >= 0.3 is 0 Å². The second-order valence-electron chi connectivity index (χ2n) is 4.92. The molecule has 6 heteroatoms. The molecule has 1 rings (SSSR count). The van der Waals surface area contributed by atoms with E-state index in [4.69, 9.17) is 10.5 Å². The number of benzene rings is 1. The van der Waals surface area contributed by atoms with E-state index in [9.17, 15) is 8.42 Å². The Morgan fingerprint density at radius 2 is 1.94 bits per heavy atom. The molecule has 0 unspecified atom stereocenters. The molecule has 3 N–H and O–H groups in total. The SMILES string of the molecule is CCNS(=O)(=O)c1ccc(N)c(OC(C)(C)C)c1. The number of nitrogen functional groups attached to an aromatic ring is 1. The Morgan fingerprint density at radius 1 is 1.33 bits per heavy atom. The third-order valence-electron chi connectivity index (χ3n) is 2.05. The van der Waals surface area contributed by atoms with Crippen molar-refractivity contribution in [1.82, 2.24) is 4.72 Å². The number of ether oxygens (including phenoxy) is 1. The Kier molecular flexibility index (Phi) is 4.24. The Balaban J connectivity index is 3.16. The molecule has 0 heterocycles. The zero-order valence-electron chi connectivity index (χ0n) is 11.1. The van der Waals surface area contributed by atoms with Crippen molar-refractivity contribution in [3.8, 4) is 5.75 Å². The molecule has 0 amide bonds. The molecule has 1 aromatic rings. The molecule has 0 saturated heterocycles. The fourth-order valence-electron chi connectivity index (χ4n) is 1.37. The summed E-state index contributed by atoms with van der Waals surface area (Å²) in [6.07, 6.45) is 0. The highest BCUT2D eigenvalue weighted by molar-refractivity contribution is 7.89. The lowest BCUT2D eigenvalue weighted by Gasteiger charge is -2.22. The number of nitrogens with one attached hydrogen (secondary N) is 1. The summed E-state index contributed by atoms with van der Waals surface area (Å²) in [6, 6.07) is 4.44. The quantitative estimate of drug-likeness (QED) is 0.818. The van der Waals surface area contributed by atoms with Crippen LogP contribution < -0.4 is 15.2 Å². The lowest BCUT2D eigenvalue weighted by Crippen LogP contribution is -2.25. The van der Waals surface area contributed by atoms with Crippen molar-refractivity contribution >= 4 is 15.7 Å². The lowest BCUT2D eigenvalue weighted by atomic mass is 10.2. The zero-order chi connectivity index (χ0) is 14.0. The summed E-state index contributed by atoms with van der Waals surface area (Å²) < 4.78 is 31.8. The minimum absolute atomic E-state index is 0.151. The molecule has 102 valence electrons. The monoisotopic (exact) mass is 272 g/mol. The van der Waals surface area contributed by atoms with Crippen molar-refractivity contribution in [3.63, 3.8) is 0 Å². The topological polar surface area (TPSA) is 81.4 Å². The molecule has 0 aliphatic heterocycles. The molecule has 0 radical (unpaired) electrons. The van der Waals surface area contributed by atoms with E-state index in [0.717, 1.165) is 0 Å². The van der Waals surface area contributed by atoms with Gasteiger partial charge in [-0.05, 0) is 32.9 Å². The van der Waals surface area contributed by atoms with Crippen LogP contribution in [0.2, 0.25) is 0 Å². The van der Waals surface area contributed by atoms with Crippen molar-refractivity contribution in [2.45, 2.75) is 38.2 Å². The summed E-state index contributed by atoms with van der Waals surface area (Å²) in [5.41, 5.74) is 5.75. The van der Waals surface area contributed by atoms with Crippen LogP contribution in [0, 0.1) is 0 Å². The smallest absolute Gasteiger partial charge is 0.240 e. The standard InChI is InChI=1S/C12H20N2O3S/c1-5-14-18(15,16)9-6-7-10(13)11(8-9)17-12(2,3)4/h6-8,14H,5,13H2,1-4H3. The van der Waals surface area contributed by atoms with E-state index in [-0.39, 0.29) is 4.90 Å². The molecule has 0 aliphatic carbocycles.